The van der Waals surface area contributed by atoms with Crippen molar-refractivity contribution in [1.82, 2.24) is 4.98 Å². The fourth-order valence-corrected chi connectivity index (χ4v) is 2.07. The van der Waals surface area contributed by atoms with Crippen LogP contribution >= 0.6 is 0 Å². The fourth-order valence-electron chi connectivity index (χ4n) is 2.07. The number of pyridine rings is 1. The normalized spacial score (nSPS) is 11.6. The number of hydrogen-bond donors (Lipinski definition) is 0. The van der Waals surface area contributed by atoms with Crippen LogP contribution < -0.4 is 0 Å². The van der Waals surface area contributed by atoms with E-state index >= 15 is 0 Å². The Morgan fingerprint density at radius 3 is 2.25 bits per heavy atom. The van der Waals surface area contributed by atoms with E-state index in [1.165, 1.54) is 16.6 Å². The third kappa shape index (κ3) is 1.95. The number of hydrogen-bond acceptors (Lipinski definition) is 1. The minimum absolute atomic E-state index is 0.488. The second kappa shape index (κ2) is 4.25. The molecule has 0 radical (unpaired) electrons. The van der Waals surface area contributed by atoms with Crippen LogP contribution in [-0.4, -0.2) is 4.98 Å². The van der Waals surface area contributed by atoms with E-state index in [0.29, 0.717) is 11.8 Å². The van der Waals surface area contributed by atoms with E-state index in [-0.39, 0.29) is 0 Å². The van der Waals surface area contributed by atoms with Crippen molar-refractivity contribution in [2.75, 3.05) is 0 Å². The quantitative estimate of drug-likeness (QED) is 0.716. The van der Waals surface area contributed by atoms with Crippen molar-refractivity contribution in [3.63, 3.8) is 0 Å². The molecular weight excluding hydrogens is 194 g/mol. The molecule has 16 heavy (non-hydrogen) atoms. The largest absolute Gasteiger partial charge is 0.252 e. The third-order valence-corrected chi connectivity index (χ3v) is 2.95. The monoisotopic (exact) mass is 213 g/mol. The highest BCUT2D eigenvalue weighted by molar-refractivity contribution is 5.79. The van der Waals surface area contributed by atoms with E-state index in [4.69, 9.17) is 4.98 Å². The summed E-state index contributed by atoms with van der Waals surface area (Å²) in [7, 11) is 0. The lowest BCUT2D eigenvalue weighted by Crippen LogP contribution is -2.02. The van der Waals surface area contributed by atoms with E-state index in [9.17, 15) is 0 Å². The fraction of sp³-hybridized carbons (Fsp3) is 0.400. The molecule has 0 aliphatic rings. The summed E-state index contributed by atoms with van der Waals surface area (Å²) in [5.41, 5.74) is 3.73. The Morgan fingerprint density at radius 1 is 0.938 bits per heavy atom. The minimum Gasteiger partial charge on any atom is -0.252 e. The molecule has 2 rings (SSSR count). The summed E-state index contributed by atoms with van der Waals surface area (Å²) in [6.45, 7) is 8.89. The zero-order valence-electron chi connectivity index (χ0n) is 10.5. The Hall–Kier alpha value is -1.37. The molecule has 84 valence electrons. The second-order valence-electron chi connectivity index (χ2n) is 4.96. The van der Waals surface area contributed by atoms with Crippen molar-refractivity contribution in [2.24, 2.45) is 0 Å². The molecule has 0 aliphatic heterocycles. The number of nitrogens with zero attached hydrogens (tertiary/aromatic N) is 1. The van der Waals surface area contributed by atoms with Gasteiger partial charge in [0.25, 0.3) is 0 Å². The summed E-state index contributed by atoms with van der Waals surface area (Å²) >= 11 is 0. The van der Waals surface area contributed by atoms with Crippen LogP contribution in [0, 0.1) is 0 Å². The summed E-state index contributed by atoms with van der Waals surface area (Å²) in [4.78, 5) is 4.80. The van der Waals surface area contributed by atoms with Gasteiger partial charge < -0.3 is 0 Å². The first-order chi connectivity index (χ1) is 7.59. The van der Waals surface area contributed by atoms with Crippen molar-refractivity contribution in [3.05, 3.63) is 41.6 Å². The van der Waals surface area contributed by atoms with E-state index in [2.05, 4.69) is 58.0 Å². The van der Waals surface area contributed by atoms with Crippen LogP contribution in [0.3, 0.4) is 0 Å². The van der Waals surface area contributed by atoms with Crippen LogP contribution in [0.5, 0.6) is 0 Å². The average molecular weight is 213 g/mol. The first-order valence-electron chi connectivity index (χ1n) is 5.99. The van der Waals surface area contributed by atoms with Crippen LogP contribution in [-0.2, 0) is 0 Å². The SMILES string of the molecule is CC(C)c1cc2ccccc2nc1C(C)C. The zero-order chi connectivity index (χ0) is 11.7. The number of para-hydroxylation sites is 1. The molecule has 0 spiro atoms. The predicted molar refractivity (Wildman–Crippen MR) is 69.9 cm³/mol. The molecule has 2 aromatic rings. The van der Waals surface area contributed by atoms with Gasteiger partial charge in [-0.2, -0.15) is 0 Å². The minimum atomic E-state index is 0.488. The molecule has 0 unspecified atom stereocenters. The number of fused-ring (bicyclic) bond motifs is 1. The standard InChI is InChI=1S/C15H19N/c1-10(2)13-9-12-7-5-6-8-14(12)16-15(13)11(3)4/h5-11H,1-4H3. The molecule has 0 atom stereocenters. The number of aromatic nitrogens is 1. The van der Waals surface area contributed by atoms with Crippen LogP contribution in [0.4, 0.5) is 0 Å². The highest BCUT2D eigenvalue weighted by atomic mass is 14.7. The molecule has 1 aromatic heterocycles. The van der Waals surface area contributed by atoms with Crippen LogP contribution in [0.15, 0.2) is 30.3 Å². The average Bonchev–Trinajstić information content (AvgIpc) is 2.27. The van der Waals surface area contributed by atoms with Crippen molar-refractivity contribution >= 4 is 10.9 Å². The van der Waals surface area contributed by atoms with Crippen molar-refractivity contribution in [3.8, 4) is 0 Å². The summed E-state index contributed by atoms with van der Waals surface area (Å²) in [5, 5.41) is 1.25. The van der Waals surface area contributed by atoms with Gasteiger partial charge in [0.2, 0.25) is 0 Å². The Labute approximate surface area is 97.5 Å². The summed E-state index contributed by atoms with van der Waals surface area (Å²) < 4.78 is 0. The molecule has 0 amide bonds. The summed E-state index contributed by atoms with van der Waals surface area (Å²) in [5.74, 6) is 1.02. The van der Waals surface area contributed by atoms with Gasteiger partial charge >= 0.3 is 0 Å². The van der Waals surface area contributed by atoms with Crippen LogP contribution in [0.2, 0.25) is 0 Å². The van der Waals surface area contributed by atoms with E-state index in [0.717, 1.165) is 5.52 Å². The molecule has 1 nitrogen and oxygen atoms in total. The topological polar surface area (TPSA) is 12.9 Å². The molecular formula is C15H19N. The Balaban J connectivity index is 2.71. The van der Waals surface area contributed by atoms with Gasteiger partial charge in [-0.05, 0) is 29.5 Å². The van der Waals surface area contributed by atoms with Gasteiger partial charge in [-0.15, -0.1) is 0 Å². The van der Waals surface area contributed by atoms with E-state index < -0.39 is 0 Å². The van der Waals surface area contributed by atoms with Crippen LogP contribution in [0.25, 0.3) is 10.9 Å². The molecule has 0 saturated heterocycles. The predicted octanol–water partition coefficient (Wildman–Crippen LogP) is 4.48. The van der Waals surface area contributed by atoms with E-state index in [1.807, 2.05) is 0 Å². The van der Waals surface area contributed by atoms with Gasteiger partial charge in [-0.1, -0.05) is 45.9 Å². The molecule has 0 aliphatic carbocycles. The lowest BCUT2D eigenvalue weighted by Gasteiger charge is -2.15. The van der Waals surface area contributed by atoms with E-state index in [1.54, 1.807) is 0 Å². The van der Waals surface area contributed by atoms with Gasteiger partial charge in [0.05, 0.1) is 5.52 Å². The number of rotatable bonds is 2. The second-order valence-corrected chi connectivity index (χ2v) is 4.96. The lowest BCUT2D eigenvalue weighted by atomic mass is 9.94. The molecule has 1 heteroatoms. The number of benzene rings is 1. The molecule has 1 aromatic carbocycles. The van der Waals surface area contributed by atoms with Gasteiger partial charge in [0.15, 0.2) is 0 Å². The maximum atomic E-state index is 4.80. The zero-order valence-corrected chi connectivity index (χ0v) is 10.5. The van der Waals surface area contributed by atoms with Crippen LogP contribution in [0.1, 0.15) is 50.8 Å². The Bertz CT molecular complexity index is 451. The molecule has 0 bridgehead atoms. The third-order valence-electron chi connectivity index (χ3n) is 2.95. The maximum Gasteiger partial charge on any atom is 0.0705 e. The summed E-state index contributed by atoms with van der Waals surface area (Å²) in [6, 6.07) is 10.6. The highest BCUT2D eigenvalue weighted by Gasteiger charge is 2.12. The first kappa shape index (κ1) is 11.1. The molecule has 1 heterocycles. The molecule has 0 N–H and O–H groups in total. The lowest BCUT2D eigenvalue weighted by molar-refractivity contribution is 0.764. The first-order valence-corrected chi connectivity index (χ1v) is 5.99. The molecule has 0 saturated carbocycles. The van der Waals surface area contributed by atoms with Crippen molar-refractivity contribution in [2.45, 2.75) is 39.5 Å². The Morgan fingerprint density at radius 2 is 1.62 bits per heavy atom. The maximum absolute atomic E-state index is 4.80. The Kier molecular flexibility index (Phi) is 2.95. The van der Waals surface area contributed by atoms with Crippen molar-refractivity contribution < 1.29 is 0 Å². The van der Waals surface area contributed by atoms with Gasteiger partial charge in [0.1, 0.15) is 0 Å². The van der Waals surface area contributed by atoms with Gasteiger partial charge in [-0.25, -0.2) is 0 Å². The molecule has 0 fully saturated rings. The smallest absolute Gasteiger partial charge is 0.0705 e. The van der Waals surface area contributed by atoms with Gasteiger partial charge in [0, 0.05) is 11.1 Å². The highest BCUT2D eigenvalue weighted by Crippen LogP contribution is 2.27. The van der Waals surface area contributed by atoms with Crippen molar-refractivity contribution in [1.29, 1.82) is 0 Å². The summed E-state index contributed by atoms with van der Waals surface area (Å²) in [6.07, 6.45) is 0. The van der Waals surface area contributed by atoms with Gasteiger partial charge in [-0.3, -0.25) is 4.98 Å².